The monoisotopic (exact) mass is 338 g/mol. The average molecular weight is 338 g/mol. The van der Waals surface area contributed by atoms with Crippen molar-refractivity contribution >= 4 is 11.8 Å². The molecule has 0 aromatic heterocycles. The maximum absolute atomic E-state index is 12.2. The molecule has 1 fully saturated rings. The van der Waals surface area contributed by atoms with E-state index in [1.54, 1.807) is 7.11 Å². The van der Waals surface area contributed by atoms with E-state index in [1.807, 2.05) is 35.2 Å². The van der Waals surface area contributed by atoms with Gasteiger partial charge in [0.05, 0.1) is 18.8 Å². The molecule has 0 bridgehead atoms. The van der Waals surface area contributed by atoms with E-state index in [0.29, 0.717) is 6.61 Å². The number of fused-ring (bicyclic) bond motifs is 3. The summed E-state index contributed by atoms with van der Waals surface area (Å²) in [5.74, 6) is 0.880. The molecule has 0 N–H and O–H groups in total. The van der Waals surface area contributed by atoms with Gasteiger partial charge in [-0.25, -0.2) is 4.79 Å². The van der Waals surface area contributed by atoms with Crippen LogP contribution in [0.25, 0.3) is 0 Å². The number of carbonyl (C=O) groups excluding carboxylic acids is 1. The standard InChI is InChI=1S/C20H22N2O3/c1-24-18-7-4-5-15(11-18)12-21-10-9-17-14-25-20(23)22(17)19-8-3-2-6-16(19)13-21/h2-8,11,17H,9-10,12-14H2,1H3. The Labute approximate surface area is 147 Å². The molecule has 2 aliphatic rings. The number of anilines is 1. The van der Waals surface area contributed by atoms with Crippen LogP contribution in [0.5, 0.6) is 5.75 Å². The van der Waals surface area contributed by atoms with Gasteiger partial charge >= 0.3 is 6.09 Å². The molecule has 2 aliphatic heterocycles. The van der Waals surface area contributed by atoms with E-state index < -0.39 is 0 Å². The van der Waals surface area contributed by atoms with Crippen molar-refractivity contribution in [3.8, 4) is 5.75 Å². The summed E-state index contributed by atoms with van der Waals surface area (Å²) < 4.78 is 10.6. The van der Waals surface area contributed by atoms with Crippen LogP contribution in [0.3, 0.4) is 0 Å². The highest BCUT2D eigenvalue weighted by molar-refractivity contribution is 5.91. The lowest BCUT2D eigenvalue weighted by molar-refractivity contribution is 0.177. The van der Waals surface area contributed by atoms with Gasteiger partial charge < -0.3 is 9.47 Å². The molecular formula is C20H22N2O3. The summed E-state index contributed by atoms with van der Waals surface area (Å²) >= 11 is 0. The fraction of sp³-hybridized carbons (Fsp3) is 0.350. The summed E-state index contributed by atoms with van der Waals surface area (Å²) in [7, 11) is 1.69. The van der Waals surface area contributed by atoms with E-state index in [1.165, 1.54) is 5.56 Å². The number of hydrogen-bond acceptors (Lipinski definition) is 4. The second kappa shape index (κ2) is 6.76. The predicted octanol–water partition coefficient (Wildman–Crippen LogP) is 3.43. The van der Waals surface area contributed by atoms with Gasteiger partial charge in [-0.2, -0.15) is 0 Å². The maximum atomic E-state index is 12.2. The minimum atomic E-state index is -0.223. The van der Waals surface area contributed by atoms with Gasteiger partial charge in [0, 0.05) is 19.6 Å². The second-order valence-electron chi connectivity index (χ2n) is 6.58. The zero-order valence-electron chi connectivity index (χ0n) is 14.4. The number of rotatable bonds is 3. The molecule has 0 radical (unpaired) electrons. The third kappa shape index (κ3) is 3.20. The number of carbonyl (C=O) groups is 1. The van der Waals surface area contributed by atoms with Gasteiger partial charge in [-0.05, 0) is 35.7 Å². The molecule has 2 aromatic rings. The maximum Gasteiger partial charge on any atom is 0.414 e. The Balaban J connectivity index is 1.61. The lowest BCUT2D eigenvalue weighted by atomic mass is 10.0. The Hall–Kier alpha value is -2.53. The highest BCUT2D eigenvalue weighted by atomic mass is 16.6. The van der Waals surface area contributed by atoms with Crippen molar-refractivity contribution in [1.29, 1.82) is 0 Å². The number of para-hydroxylation sites is 1. The number of amides is 1. The molecule has 2 aromatic carbocycles. The summed E-state index contributed by atoms with van der Waals surface area (Å²) in [6.07, 6.45) is 0.683. The van der Waals surface area contributed by atoms with E-state index in [4.69, 9.17) is 9.47 Å². The quantitative estimate of drug-likeness (QED) is 0.860. The molecule has 4 rings (SSSR count). The Morgan fingerprint density at radius 1 is 1.20 bits per heavy atom. The van der Waals surface area contributed by atoms with Crippen molar-refractivity contribution in [2.75, 3.05) is 25.2 Å². The number of cyclic esters (lactones) is 1. The summed E-state index contributed by atoms with van der Waals surface area (Å²) in [5, 5.41) is 0. The molecule has 0 aliphatic carbocycles. The van der Waals surface area contributed by atoms with Crippen LogP contribution in [-0.2, 0) is 17.8 Å². The Morgan fingerprint density at radius 2 is 2.08 bits per heavy atom. The SMILES string of the molecule is COc1cccc(CN2CCC3COC(=O)N3c3ccccc3C2)c1. The van der Waals surface area contributed by atoms with Crippen molar-refractivity contribution < 1.29 is 14.3 Å². The van der Waals surface area contributed by atoms with Crippen LogP contribution in [0, 0.1) is 0 Å². The zero-order chi connectivity index (χ0) is 17.2. The molecular weight excluding hydrogens is 316 g/mol. The molecule has 1 amide bonds. The molecule has 5 heteroatoms. The summed E-state index contributed by atoms with van der Waals surface area (Å²) in [5.41, 5.74) is 3.37. The number of methoxy groups -OCH3 is 1. The highest BCUT2D eigenvalue weighted by Crippen LogP contribution is 2.31. The second-order valence-corrected chi connectivity index (χ2v) is 6.58. The van der Waals surface area contributed by atoms with Gasteiger partial charge in [0.1, 0.15) is 12.4 Å². The fourth-order valence-electron chi connectivity index (χ4n) is 3.66. The zero-order valence-corrected chi connectivity index (χ0v) is 14.4. The van der Waals surface area contributed by atoms with Gasteiger partial charge in [-0.3, -0.25) is 9.80 Å². The molecule has 1 saturated heterocycles. The van der Waals surface area contributed by atoms with Crippen LogP contribution in [0.4, 0.5) is 10.5 Å². The first-order chi connectivity index (χ1) is 12.2. The van der Waals surface area contributed by atoms with E-state index in [0.717, 1.165) is 43.1 Å². The Morgan fingerprint density at radius 3 is 2.96 bits per heavy atom. The average Bonchev–Trinajstić information content (AvgIpc) is 2.98. The smallest absolute Gasteiger partial charge is 0.414 e. The van der Waals surface area contributed by atoms with Crippen LogP contribution >= 0.6 is 0 Å². The molecule has 0 spiro atoms. The van der Waals surface area contributed by atoms with Gasteiger partial charge in [0.15, 0.2) is 0 Å². The van der Waals surface area contributed by atoms with E-state index in [2.05, 4.69) is 23.1 Å². The first-order valence-electron chi connectivity index (χ1n) is 8.64. The molecule has 130 valence electrons. The van der Waals surface area contributed by atoms with Crippen molar-refractivity contribution in [1.82, 2.24) is 4.90 Å². The van der Waals surface area contributed by atoms with Crippen LogP contribution < -0.4 is 9.64 Å². The summed E-state index contributed by atoms with van der Waals surface area (Å²) in [6, 6.07) is 16.4. The van der Waals surface area contributed by atoms with Crippen LogP contribution in [0.2, 0.25) is 0 Å². The van der Waals surface area contributed by atoms with Gasteiger partial charge in [0.2, 0.25) is 0 Å². The first-order valence-corrected chi connectivity index (χ1v) is 8.64. The van der Waals surface area contributed by atoms with Crippen LogP contribution in [-0.4, -0.2) is 37.3 Å². The highest BCUT2D eigenvalue weighted by Gasteiger charge is 2.36. The van der Waals surface area contributed by atoms with Crippen molar-refractivity contribution in [3.63, 3.8) is 0 Å². The molecule has 1 unspecified atom stereocenters. The van der Waals surface area contributed by atoms with Crippen molar-refractivity contribution in [2.24, 2.45) is 0 Å². The molecule has 1 atom stereocenters. The minimum Gasteiger partial charge on any atom is -0.497 e. The van der Waals surface area contributed by atoms with Gasteiger partial charge in [-0.15, -0.1) is 0 Å². The normalized spacial score (nSPS) is 20.3. The van der Waals surface area contributed by atoms with Gasteiger partial charge in [0.25, 0.3) is 0 Å². The van der Waals surface area contributed by atoms with Crippen LogP contribution in [0.1, 0.15) is 17.5 Å². The molecule has 0 saturated carbocycles. The molecule has 2 heterocycles. The Bertz CT molecular complexity index is 777. The predicted molar refractivity (Wildman–Crippen MR) is 95.8 cm³/mol. The largest absolute Gasteiger partial charge is 0.497 e. The van der Waals surface area contributed by atoms with E-state index in [9.17, 15) is 4.79 Å². The number of nitrogens with zero attached hydrogens (tertiary/aromatic N) is 2. The summed E-state index contributed by atoms with van der Waals surface area (Å²) in [6.45, 7) is 3.06. The van der Waals surface area contributed by atoms with Gasteiger partial charge in [-0.1, -0.05) is 30.3 Å². The third-order valence-corrected chi connectivity index (χ3v) is 4.93. The third-order valence-electron chi connectivity index (χ3n) is 4.93. The first kappa shape index (κ1) is 16.0. The minimum absolute atomic E-state index is 0.113. The molecule has 25 heavy (non-hydrogen) atoms. The van der Waals surface area contributed by atoms with Crippen LogP contribution in [0.15, 0.2) is 48.5 Å². The lowest BCUT2D eigenvalue weighted by Crippen LogP contribution is -2.40. The topological polar surface area (TPSA) is 42.0 Å². The van der Waals surface area contributed by atoms with E-state index >= 15 is 0 Å². The van der Waals surface area contributed by atoms with Crippen molar-refractivity contribution in [2.45, 2.75) is 25.6 Å². The van der Waals surface area contributed by atoms with Crippen molar-refractivity contribution in [3.05, 3.63) is 59.7 Å². The molecule has 5 nitrogen and oxygen atoms in total. The number of benzene rings is 2. The number of hydrogen-bond donors (Lipinski definition) is 0. The summed E-state index contributed by atoms with van der Waals surface area (Å²) in [4.78, 5) is 16.4. The number of ether oxygens (including phenoxy) is 2. The van der Waals surface area contributed by atoms with E-state index in [-0.39, 0.29) is 12.1 Å². The fourth-order valence-corrected chi connectivity index (χ4v) is 3.66. The Kier molecular flexibility index (Phi) is 4.32. The lowest BCUT2D eigenvalue weighted by Gasteiger charge is -2.32.